The van der Waals surface area contributed by atoms with Crippen LogP contribution in [0.25, 0.3) is 0 Å². The molecule has 0 spiro atoms. The number of benzene rings is 1. The Morgan fingerprint density at radius 3 is 2.65 bits per heavy atom. The van der Waals surface area contributed by atoms with Crippen molar-refractivity contribution in [3.8, 4) is 5.75 Å². The zero-order valence-electron chi connectivity index (χ0n) is 16.3. The van der Waals surface area contributed by atoms with Crippen LogP contribution in [0.1, 0.15) is 16.7 Å². The Labute approximate surface area is 156 Å². The molecule has 2 aromatic rings. The first kappa shape index (κ1) is 19.6. The fraction of sp³-hybridized carbons (Fsp3) is 0.400. The Kier molecular flexibility index (Phi) is 7.26. The molecule has 0 unspecified atom stereocenters. The Morgan fingerprint density at radius 2 is 1.96 bits per heavy atom. The lowest BCUT2D eigenvalue weighted by Crippen LogP contribution is -2.37. The number of hydrogen-bond donors (Lipinski definition) is 2. The molecule has 2 rings (SSSR count). The van der Waals surface area contributed by atoms with Crippen LogP contribution in [0.15, 0.2) is 41.5 Å². The lowest BCUT2D eigenvalue weighted by molar-refractivity contribution is 0.411. The molecule has 0 saturated carbocycles. The van der Waals surface area contributed by atoms with Crippen LogP contribution in [-0.4, -0.2) is 45.7 Å². The van der Waals surface area contributed by atoms with Gasteiger partial charge in [0.2, 0.25) is 0 Å². The zero-order valence-corrected chi connectivity index (χ0v) is 16.3. The number of hydrogen-bond acceptors (Lipinski definition) is 4. The van der Waals surface area contributed by atoms with E-state index >= 15 is 0 Å². The second-order valence-corrected chi connectivity index (χ2v) is 6.32. The van der Waals surface area contributed by atoms with E-state index in [1.165, 1.54) is 5.56 Å². The molecule has 1 aromatic carbocycles. The summed E-state index contributed by atoms with van der Waals surface area (Å²) in [6.45, 7) is 3.54. The molecule has 0 bridgehead atoms. The molecular formula is C20H29N5O. The number of ether oxygens (including phenoxy) is 1. The normalized spacial score (nSPS) is 11.2. The van der Waals surface area contributed by atoms with Gasteiger partial charge in [-0.05, 0) is 48.2 Å². The van der Waals surface area contributed by atoms with Crippen LogP contribution in [0.3, 0.4) is 0 Å². The minimum atomic E-state index is 0.696. The van der Waals surface area contributed by atoms with E-state index in [1.54, 1.807) is 14.2 Å². The first-order valence-corrected chi connectivity index (χ1v) is 8.73. The summed E-state index contributed by atoms with van der Waals surface area (Å²) in [5, 5.41) is 6.69. The third-order valence-electron chi connectivity index (χ3n) is 4.13. The van der Waals surface area contributed by atoms with E-state index in [9.17, 15) is 0 Å². The molecule has 0 amide bonds. The van der Waals surface area contributed by atoms with Gasteiger partial charge >= 0.3 is 0 Å². The van der Waals surface area contributed by atoms with Gasteiger partial charge in [-0.2, -0.15) is 0 Å². The van der Waals surface area contributed by atoms with E-state index < -0.39 is 0 Å². The molecule has 6 heteroatoms. The molecule has 26 heavy (non-hydrogen) atoms. The summed E-state index contributed by atoms with van der Waals surface area (Å²) in [6.07, 6.45) is 2.73. The predicted octanol–water partition coefficient (Wildman–Crippen LogP) is 2.37. The van der Waals surface area contributed by atoms with Gasteiger partial charge in [0.05, 0.1) is 7.11 Å². The van der Waals surface area contributed by atoms with Gasteiger partial charge in [-0.3, -0.25) is 4.99 Å². The van der Waals surface area contributed by atoms with Gasteiger partial charge < -0.3 is 20.3 Å². The van der Waals surface area contributed by atoms with Crippen molar-refractivity contribution < 1.29 is 4.74 Å². The molecule has 1 heterocycles. The fourth-order valence-electron chi connectivity index (χ4n) is 2.57. The Balaban J connectivity index is 1.83. The van der Waals surface area contributed by atoms with E-state index in [4.69, 9.17) is 4.74 Å². The number of guanidine groups is 1. The first-order valence-electron chi connectivity index (χ1n) is 8.73. The third-order valence-corrected chi connectivity index (χ3v) is 4.13. The fourth-order valence-corrected chi connectivity index (χ4v) is 2.57. The zero-order chi connectivity index (χ0) is 18.9. The van der Waals surface area contributed by atoms with Crippen molar-refractivity contribution in [2.24, 2.45) is 4.99 Å². The van der Waals surface area contributed by atoms with E-state index in [-0.39, 0.29) is 0 Å². The number of aliphatic imine (C=N–C) groups is 1. The van der Waals surface area contributed by atoms with Crippen molar-refractivity contribution in [1.29, 1.82) is 0 Å². The summed E-state index contributed by atoms with van der Waals surface area (Å²) in [4.78, 5) is 10.6. The molecule has 0 aliphatic carbocycles. The van der Waals surface area contributed by atoms with Crippen molar-refractivity contribution in [1.82, 2.24) is 15.6 Å². The number of nitrogens with zero attached hydrogens (tertiary/aromatic N) is 3. The van der Waals surface area contributed by atoms with Crippen molar-refractivity contribution in [2.45, 2.75) is 19.9 Å². The van der Waals surface area contributed by atoms with Crippen LogP contribution in [-0.2, 0) is 13.0 Å². The van der Waals surface area contributed by atoms with Crippen molar-refractivity contribution in [2.75, 3.05) is 39.7 Å². The second-order valence-electron chi connectivity index (χ2n) is 6.32. The highest BCUT2D eigenvalue weighted by atomic mass is 16.5. The summed E-state index contributed by atoms with van der Waals surface area (Å²) < 4.78 is 5.38. The largest absolute Gasteiger partial charge is 0.496 e. The number of rotatable bonds is 7. The maximum Gasteiger partial charge on any atom is 0.191 e. The molecule has 0 fully saturated rings. The van der Waals surface area contributed by atoms with E-state index in [1.807, 2.05) is 38.2 Å². The smallest absolute Gasteiger partial charge is 0.191 e. The van der Waals surface area contributed by atoms with Crippen LogP contribution in [0.5, 0.6) is 5.75 Å². The molecular weight excluding hydrogens is 326 g/mol. The van der Waals surface area contributed by atoms with E-state index in [2.05, 4.69) is 44.9 Å². The molecule has 0 aliphatic rings. The van der Waals surface area contributed by atoms with Gasteiger partial charge in [0.15, 0.2) is 5.96 Å². The Morgan fingerprint density at radius 1 is 1.15 bits per heavy atom. The predicted molar refractivity (Wildman–Crippen MR) is 108 cm³/mol. The van der Waals surface area contributed by atoms with Crippen molar-refractivity contribution in [3.05, 3.63) is 53.2 Å². The maximum absolute atomic E-state index is 5.38. The standard InChI is InChI=1S/C20H29N5O/c1-15-6-7-16(12-18(15)26-5)8-11-23-20(21-2)24-14-17-9-10-22-19(13-17)25(3)4/h6-7,9-10,12-13H,8,11,14H2,1-5H3,(H2,21,23,24). The summed E-state index contributed by atoms with van der Waals surface area (Å²) in [7, 11) is 7.46. The highest BCUT2D eigenvalue weighted by molar-refractivity contribution is 5.79. The van der Waals surface area contributed by atoms with Crippen molar-refractivity contribution in [3.63, 3.8) is 0 Å². The highest BCUT2D eigenvalue weighted by Gasteiger charge is 2.03. The quantitative estimate of drug-likeness (QED) is 0.590. The monoisotopic (exact) mass is 355 g/mol. The number of aryl methyl sites for hydroxylation is 1. The number of methoxy groups -OCH3 is 1. The van der Waals surface area contributed by atoms with Gasteiger partial charge in [0.1, 0.15) is 11.6 Å². The van der Waals surface area contributed by atoms with Gasteiger partial charge in [0.25, 0.3) is 0 Å². The molecule has 1 aromatic heterocycles. The number of pyridine rings is 1. The summed E-state index contributed by atoms with van der Waals surface area (Å²) in [5.74, 6) is 2.66. The number of nitrogens with one attached hydrogen (secondary N) is 2. The van der Waals surface area contributed by atoms with Crippen LogP contribution in [0.4, 0.5) is 5.82 Å². The Hall–Kier alpha value is -2.76. The molecule has 6 nitrogen and oxygen atoms in total. The Bertz CT molecular complexity index is 743. The van der Waals surface area contributed by atoms with Crippen LogP contribution >= 0.6 is 0 Å². The van der Waals surface area contributed by atoms with E-state index in [0.717, 1.165) is 41.6 Å². The minimum Gasteiger partial charge on any atom is -0.496 e. The minimum absolute atomic E-state index is 0.696. The first-order chi connectivity index (χ1) is 12.5. The number of aromatic nitrogens is 1. The lowest BCUT2D eigenvalue weighted by atomic mass is 10.1. The average Bonchev–Trinajstić information content (AvgIpc) is 2.65. The average molecular weight is 355 g/mol. The topological polar surface area (TPSA) is 61.8 Å². The van der Waals surface area contributed by atoms with Gasteiger partial charge in [-0.25, -0.2) is 4.98 Å². The van der Waals surface area contributed by atoms with Crippen LogP contribution < -0.4 is 20.3 Å². The van der Waals surface area contributed by atoms with E-state index in [0.29, 0.717) is 6.54 Å². The van der Waals surface area contributed by atoms with Gasteiger partial charge in [0, 0.05) is 40.4 Å². The molecule has 0 atom stereocenters. The van der Waals surface area contributed by atoms with Crippen LogP contribution in [0, 0.1) is 6.92 Å². The van der Waals surface area contributed by atoms with Gasteiger partial charge in [-0.15, -0.1) is 0 Å². The summed E-state index contributed by atoms with van der Waals surface area (Å²) in [5.41, 5.74) is 3.55. The molecule has 2 N–H and O–H groups in total. The summed E-state index contributed by atoms with van der Waals surface area (Å²) >= 11 is 0. The molecule has 0 radical (unpaired) electrons. The van der Waals surface area contributed by atoms with Crippen molar-refractivity contribution >= 4 is 11.8 Å². The molecule has 140 valence electrons. The SMILES string of the molecule is CN=C(NCCc1ccc(C)c(OC)c1)NCc1ccnc(N(C)C)c1. The lowest BCUT2D eigenvalue weighted by Gasteiger charge is -2.14. The maximum atomic E-state index is 5.38. The van der Waals surface area contributed by atoms with Gasteiger partial charge in [-0.1, -0.05) is 12.1 Å². The summed E-state index contributed by atoms with van der Waals surface area (Å²) in [6, 6.07) is 10.4. The third kappa shape index (κ3) is 5.65. The van der Waals surface area contributed by atoms with Crippen LogP contribution in [0.2, 0.25) is 0 Å². The molecule has 0 saturated heterocycles. The highest BCUT2D eigenvalue weighted by Crippen LogP contribution is 2.19. The number of anilines is 1. The second kappa shape index (κ2) is 9.65. The molecule has 0 aliphatic heterocycles.